The van der Waals surface area contributed by atoms with Crippen LogP contribution in [0.1, 0.15) is 5.56 Å². The zero-order chi connectivity index (χ0) is 14.6. The maximum absolute atomic E-state index is 13.0. The first-order valence-corrected chi connectivity index (χ1v) is 7.55. The lowest BCUT2D eigenvalue weighted by Crippen LogP contribution is -2.26. The fraction of sp³-hybridized carbons (Fsp3) is 0.143. The fourth-order valence-electron chi connectivity index (χ4n) is 1.75. The van der Waals surface area contributed by atoms with Gasteiger partial charge in [0.1, 0.15) is 5.82 Å². The Hall–Kier alpha value is -1.92. The quantitative estimate of drug-likeness (QED) is 0.828. The topological polar surface area (TPSA) is 72.2 Å². The first-order chi connectivity index (χ1) is 9.47. The summed E-state index contributed by atoms with van der Waals surface area (Å²) in [6.07, 6.45) is 0.423. The summed E-state index contributed by atoms with van der Waals surface area (Å²) in [4.78, 5) is 0.158. The Kier molecular flexibility index (Phi) is 4.36. The molecule has 6 heteroatoms. The van der Waals surface area contributed by atoms with Crippen molar-refractivity contribution in [3.8, 4) is 0 Å². The van der Waals surface area contributed by atoms with Crippen molar-refractivity contribution in [2.24, 2.45) is 0 Å². The molecule has 0 aliphatic rings. The Balaban J connectivity index is 1.98. The third-order valence-corrected chi connectivity index (χ3v) is 4.26. The van der Waals surface area contributed by atoms with Crippen molar-refractivity contribution >= 4 is 15.7 Å². The number of hydrogen-bond donors (Lipinski definition) is 2. The van der Waals surface area contributed by atoms with Gasteiger partial charge in [0.15, 0.2) is 0 Å². The summed E-state index contributed by atoms with van der Waals surface area (Å²) >= 11 is 0. The lowest BCUT2D eigenvalue weighted by atomic mass is 10.1. The van der Waals surface area contributed by atoms with Gasteiger partial charge in [-0.3, -0.25) is 0 Å². The van der Waals surface area contributed by atoms with E-state index in [0.717, 1.165) is 5.56 Å². The van der Waals surface area contributed by atoms with Crippen molar-refractivity contribution in [3.05, 3.63) is 59.9 Å². The molecule has 106 valence electrons. The lowest BCUT2D eigenvalue weighted by Gasteiger charge is -2.07. The molecule has 0 fully saturated rings. The van der Waals surface area contributed by atoms with E-state index in [9.17, 15) is 12.8 Å². The van der Waals surface area contributed by atoms with Gasteiger partial charge >= 0.3 is 0 Å². The van der Waals surface area contributed by atoms with Crippen LogP contribution in [0.5, 0.6) is 0 Å². The number of rotatable bonds is 5. The van der Waals surface area contributed by atoms with Crippen LogP contribution < -0.4 is 10.5 Å². The SMILES string of the molecule is Nc1ccc(S(=O)(=O)NCCc2cccc(F)c2)cc1. The first kappa shape index (κ1) is 14.5. The molecule has 0 unspecified atom stereocenters. The average molecular weight is 294 g/mol. The van der Waals surface area contributed by atoms with E-state index in [1.807, 2.05) is 0 Å². The molecule has 0 aliphatic carbocycles. The highest BCUT2D eigenvalue weighted by Gasteiger charge is 2.12. The van der Waals surface area contributed by atoms with Crippen molar-refractivity contribution in [1.82, 2.24) is 4.72 Å². The zero-order valence-corrected chi connectivity index (χ0v) is 11.5. The maximum Gasteiger partial charge on any atom is 0.240 e. The number of halogens is 1. The molecule has 0 bridgehead atoms. The Morgan fingerprint density at radius 3 is 2.45 bits per heavy atom. The molecule has 0 heterocycles. The number of nitrogens with one attached hydrogen (secondary N) is 1. The van der Waals surface area contributed by atoms with Gasteiger partial charge in [0.05, 0.1) is 4.90 Å². The fourth-order valence-corrected chi connectivity index (χ4v) is 2.78. The van der Waals surface area contributed by atoms with Gasteiger partial charge in [-0.25, -0.2) is 17.5 Å². The number of sulfonamides is 1. The van der Waals surface area contributed by atoms with Crippen molar-refractivity contribution in [3.63, 3.8) is 0 Å². The second-order valence-electron chi connectivity index (χ2n) is 4.35. The zero-order valence-electron chi connectivity index (χ0n) is 10.7. The van der Waals surface area contributed by atoms with E-state index in [4.69, 9.17) is 5.73 Å². The number of nitrogens with two attached hydrogens (primary N) is 1. The van der Waals surface area contributed by atoms with Crippen molar-refractivity contribution in [2.45, 2.75) is 11.3 Å². The number of nitrogen functional groups attached to an aromatic ring is 1. The molecule has 4 nitrogen and oxygen atoms in total. The van der Waals surface area contributed by atoms with E-state index in [1.54, 1.807) is 12.1 Å². The highest BCUT2D eigenvalue weighted by atomic mass is 32.2. The van der Waals surface area contributed by atoms with Gasteiger partial charge in [-0.1, -0.05) is 12.1 Å². The van der Waals surface area contributed by atoms with Gasteiger partial charge in [-0.15, -0.1) is 0 Å². The highest BCUT2D eigenvalue weighted by molar-refractivity contribution is 7.89. The monoisotopic (exact) mass is 294 g/mol. The summed E-state index contributed by atoms with van der Waals surface area (Å²) in [6, 6.07) is 12.0. The van der Waals surface area contributed by atoms with Crippen LogP contribution in [0, 0.1) is 5.82 Å². The van der Waals surface area contributed by atoms with Crippen molar-refractivity contribution in [2.75, 3.05) is 12.3 Å². The largest absolute Gasteiger partial charge is 0.399 e. The standard InChI is InChI=1S/C14H15FN2O2S/c15-12-3-1-2-11(10-12)8-9-17-20(18,19)14-6-4-13(16)5-7-14/h1-7,10,17H,8-9,16H2. The summed E-state index contributed by atoms with van der Waals surface area (Å²) in [5.41, 5.74) is 6.75. The number of anilines is 1. The van der Waals surface area contributed by atoms with Crippen molar-refractivity contribution in [1.29, 1.82) is 0 Å². The molecule has 0 spiro atoms. The molecule has 20 heavy (non-hydrogen) atoms. The van der Waals surface area contributed by atoms with Crippen LogP contribution >= 0.6 is 0 Å². The van der Waals surface area contributed by atoms with Gasteiger partial charge in [0.25, 0.3) is 0 Å². The summed E-state index contributed by atoms with van der Waals surface area (Å²) in [6.45, 7) is 0.205. The van der Waals surface area contributed by atoms with Crippen LogP contribution in [-0.2, 0) is 16.4 Å². The summed E-state index contributed by atoms with van der Waals surface area (Å²) in [5, 5.41) is 0. The highest BCUT2D eigenvalue weighted by Crippen LogP contribution is 2.11. The summed E-state index contributed by atoms with van der Waals surface area (Å²) in [5.74, 6) is -0.330. The Bertz CT molecular complexity index is 685. The molecule has 3 N–H and O–H groups in total. The van der Waals surface area contributed by atoms with E-state index >= 15 is 0 Å². The molecule has 0 saturated heterocycles. The van der Waals surface area contributed by atoms with Gasteiger partial charge in [0, 0.05) is 12.2 Å². The molecular formula is C14H15FN2O2S. The Morgan fingerprint density at radius 1 is 1.10 bits per heavy atom. The first-order valence-electron chi connectivity index (χ1n) is 6.07. The molecule has 2 aromatic carbocycles. The van der Waals surface area contributed by atoms with Crippen LogP contribution in [0.2, 0.25) is 0 Å². The molecule has 0 saturated carbocycles. The van der Waals surface area contributed by atoms with Crippen LogP contribution in [-0.4, -0.2) is 15.0 Å². The predicted octanol–water partition coefficient (Wildman–Crippen LogP) is 1.93. The van der Waals surface area contributed by atoms with E-state index in [-0.39, 0.29) is 17.3 Å². The van der Waals surface area contributed by atoms with Crippen LogP contribution in [0.4, 0.5) is 10.1 Å². The van der Waals surface area contributed by atoms with E-state index in [0.29, 0.717) is 12.1 Å². The third kappa shape index (κ3) is 3.79. The summed E-state index contributed by atoms with van der Waals surface area (Å²) in [7, 11) is -3.56. The summed E-state index contributed by atoms with van der Waals surface area (Å²) < 4.78 is 39.4. The van der Waals surface area contributed by atoms with Crippen LogP contribution in [0.3, 0.4) is 0 Å². The number of benzene rings is 2. The average Bonchev–Trinajstić information content (AvgIpc) is 2.39. The van der Waals surface area contributed by atoms with Crippen LogP contribution in [0.25, 0.3) is 0 Å². The molecule has 2 aromatic rings. The molecule has 0 radical (unpaired) electrons. The molecule has 0 amide bonds. The lowest BCUT2D eigenvalue weighted by molar-refractivity contribution is 0.581. The smallest absolute Gasteiger partial charge is 0.240 e. The molecule has 0 aromatic heterocycles. The molecular weight excluding hydrogens is 279 g/mol. The van der Waals surface area contributed by atoms with Crippen LogP contribution in [0.15, 0.2) is 53.4 Å². The minimum atomic E-state index is -3.56. The van der Waals surface area contributed by atoms with E-state index in [1.165, 1.54) is 36.4 Å². The maximum atomic E-state index is 13.0. The molecule has 2 rings (SSSR count). The van der Waals surface area contributed by atoms with Gasteiger partial charge in [-0.05, 0) is 48.4 Å². The molecule has 0 aliphatic heterocycles. The van der Waals surface area contributed by atoms with Gasteiger partial charge in [0.2, 0.25) is 10.0 Å². The molecule has 0 atom stereocenters. The van der Waals surface area contributed by atoms with Gasteiger partial charge < -0.3 is 5.73 Å². The minimum absolute atomic E-state index is 0.158. The second-order valence-corrected chi connectivity index (χ2v) is 6.11. The van der Waals surface area contributed by atoms with Gasteiger partial charge in [-0.2, -0.15) is 0 Å². The second kappa shape index (κ2) is 6.02. The Labute approximate surface area is 117 Å². The Morgan fingerprint density at radius 2 is 1.80 bits per heavy atom. The minimum Gasteiger partial charge on any atom is -0.399 e. The third-order valence-electron chi connectivity index (χ3n) is 2.79. The van der Waals surface area contributed by atoms with Crippen molar-refractivity contribution < 1.29 is 12.8 Å². The van der Waals surface area contributed by atoms with E-state index in [2.05, 4.69) is 4.72 Å². The number of hydrogen-bond acceptors (Lipinski definition) is 3. The van der Waals surface area contributed by atoms with E-state index < -0.39 is 10.0 Å². The predicted molar refractivity (Wildman–Crippen MR) is 76.1 cm³/mol. The normalized spacial score (nSPS) is 11.4.